The molecule has 2 rings (SSSR count). The van der Waals surface area contributed by atoms with Gasteiger partial charge in [0.05, 0.1) is 7.11 Å². The number of hydrogen-bond donors (Lipinski definition) is 1. The first-order chi connectivity index (χ1) is 8.70. The van der Waals surface area contributed by atoms with Gasteiger partial charge >= 0.3 is 0 Å². The highest BCUT2D eigenvalue weighted by Gasteiger charge is 2.14. The first-order valence-corrected chi connectivity index (χ1v) is 7.12. The van der Waals surface area contributed by atoms with Crippen LogP contribution in [0.3, 0.4) is 0 Å². The van der Waals surface area contributed by atoms with Crippen molar-refractivity contribution in [2.24, 2.45) is 5.92 Å². The van der Waals surface area contributed by atoms with Crippen LogP contribution >= 0.6 is 11.6 Å². The number of hydrogen-bond acceptors (Lipinski definition) is 2. The Hall–Kier alpha value is -0.730. The Morgan fingerprint density at radius 2 is 2.06 bits per heavy atom. The number of benzene rings is 1. The van der Waals surface area contributed by atoms with Crippen LogP contribution in [0.4, 0.5) is 0 Å². The van der Waals surface area contributed by atoms with Crippen molar-refractivity contribution in [1.29, 1.82) is 0 Å². The van der Waals surface area contributed by atoms with Gasteiger partial charge in [0, 0.05) is 5.02 Å². The van der Waals surface area contributed by atoms with Crippen LogP contribution in [0.15, 0.2) is 12.1 Å². The van der Waals surface area contributed by atoms with Crippen LogP contribution in [0.2, 0.25) is 5.02 Å². The lowest BCUT2D eigenvalue weighted by Crippen LogP contribution is -2.27. The summed E-state index contributed by atoms with van der Waals surface area (Å²) in [5, 5.41) is 4.25. The monoisotopic (exact) mass is 267 g/mol. The van der Waals surface area contributed by atoms with Crippen molar-refractivity contribution in [3.8, 4) is 5.75 Å². The minimum atomic E-state index is 0.844. The number of halogens is 1. The van der Waals surface area contributed by atoms with Gasteiger partial charge in [-0.25, -0.2) is 0 Å². The second-order valence-corrected chi connectivity index (χ2v) is 5.55. The van der Waals surface area contributed by atoms with Crippen LogP contribution in [0.25, 0.3) is 0 Å². The molecule has 0 atom stereocenters. The molecule has 0 radical (unpaired) electrons. The van der Waals surface area contributed by atoms with E-state index in [4.69, 9.17) is 16.3 Å². The van der Waals surface area contributed by atoms with E-state index in [1.165, 1.54) is 24.8 Å². The average Bonchev–Trinajstić information content (AvgIpc) is 2.41. The summed E-state index contributed by atoms with van der Waals surface area (Å²) in [5.41, 5.74) is 2.32. The predicted molar refractivity (Wildman–Crippen MR) is 76.7 cm³/mol. The minimum Gasteiger partial charge on any atom is -0.496 e. The maximum absolute atomic E-state index is 6.20. The number of rotatable bonds is 4. The molecule has 1 aliphatic heterocycles. The summed E-state index contributed by atoms with van der Waals surface area (Å²) < 4.78 is 5.45. The van der Waals surface area contributed by atoms with E-state index in [0.29, 0.717) is 0 Å². The largest absolute Gasteiger partial charge is 0.496 e. The molecular formula is C15H22ClNO. The Bertz CT molecular complexity index is 400. The molecule has 0 bridgehead atoms. The second-order valence-electron chi connectivity index (χ2n) is 5.15. The molecule has 1 N–H and O–H groups in total. The van der Waals surface area contributed by atoms with Crippen molar-refractivity contribution in [3.05, 3.63) is 28.3 Å². The van der Waals surface area contributed by atoms with Crippen LogP contribution in [-0.4, -0.2) is 20.2 Å². The summed E-state index contributed by atoms with van der Waals surface area (Å²) in [4.78, 5) is 0. The summed E-state index contributed by atoms with van der Waals surface area (Å²) in [6.45, 7) is 4.34. The summed E-state index contributed by atoms with van der Waals surface area (Å²) >= 11 is 6.20. The summed E-state index contributed by atoms with van der Waals surface area (Å²) in [7, 11) is 1.73. The first-order valence-electron chi connectivity index (χ1n) is 6.74. The Labute approximate surface area is 115 Å². The first kappa shape index (κ1) is 13.7. The van der Waals surface area contributed by atoms with Crippen LogP contribution < -0.4 is 10.1 Å². The van der Waals surface area contributed by atoms with Crippen LogP contribution in [0, 0.1) is 12.8 Å². The molecule has 100 valence electrons. The van der Waals surface area contributed by atoms with E-state index < -0.39 is 0 Å². The molecule has 0 unspecified atom stereocenters. The quantitative estimate of drug-likeness (QED) is 0.900. The third-order valence-electron chi connectivity index (χ3n) is 3.84. The number of nitrogens with one attached hydrogen (secondary N) is 1. The molecule has 2 nitrogen and oxygen atoms in total. The molecule has 1 fully saturated rings. The molecule has 0 spiro atoms. The summed E-state index contributed by atoms with van der Waals surface area (Å²) in [6.07, 6.45) is 4.88. The third-order valence-corrected chi connectivity index (χ3v) is 4.25. The molecule has 1 saturated heterocycles. The molecular weight excluding hydrogens is 246 g/mol. The van der Waals surface area contributed by atoms with Gasteiger partial charge in [-0.2, -0.15) is 0 Å². The van der Waals surface area contributed by atoms with Crippen molar-refractivity contribution < 1.29 is 4.74 Å². The molecule has 1 aromatic carbocycles. The third kappa shape index (κ3) is 3.39. The molecule has 1 heterocycles. The number of methoxy groups -OCH3 is 1. The molecule has 0 saturated carbocycles. The van der Waals surface area contributed by atoms with Crippen molar-refractivity contribution in [2.45, 2.75) is 32.6 Å². The van der Waals surface area contributed by atoms with Crippen molar-refractivity contribution >= 4 is 11.6 Å². The van der Waals surface area contributed by atoms with Crippen molar-refractivity contribution in [3.63, 3.8) is 0 Å². The highest BCUT2D eigenvalue weighted by molar-refractivity contribution is 6.31. The van der Waals surface area contributed by atoms with E-state index >= 15 is 0 Å². The molecule has 0 aliphatic carbocycles. The Balaban J connectivity index is 2.01. The molecule has 0 aromatic heterocycles. The fraction of sp³-hybridized carbons (Fsp3) is 0.600. The van der Waals surface area contributed by atoms with E-state index in [1.54, 1.807) is 7.11 Å². The van der Waals surface area contributed by atoms with E-state index in [2.05, 4.69) is 11.4 Å². The van der Waals surface area contributed by atoms with E-state index in [-0.39, 0.29) is 0 Å². The topological polar surface area (TPSA) is 21.3 Å². The average molecular weight is 268 g/mol. The smallest absolute Gasteiger partial charge is 0.122 e. The lowest BCUT2D eigenvalue weighted by molar-refractivity contribution is 0.351. The van der Waals surface area contributed by atoms with Gasteiger partial charge < -0.3 is 10.1 Å². The maximum Gasteiger partial charge on any atom is 0.122 e. The SMILES string of the molecule is COc1cc(C)c(Cl)cc1CCC1CCNCC1. The normalized spacial score (nSPS) is 16.8. The zero-order chi connectivity index (χ0) is 13.0. The number of ether oxygens (including phenoxy) is 1. The van der Waals surface area contributed by atoms with Gasteiger partial charge in [-0.15, -0.1) is 0 Å². The van der Waals surface area contributed by atoms with Gasteiger partial charge in [-0.05, 0) is 74.9 Å². The van der Waals surface area contributed by atoms with Crippen LogP contribution in [0.1, 0.15) is 30.4 Å². The molecule has 18 heavy (non-hydrogen) atoms. The molecule has 0 amide bonds. The zero-order valence-corrected chi connectivity index (χ0v) is 12.0. The van der Waals surface area contributed by atoms with Gasteiger partial charge in [-0.3, -0.25) is 0 Å². The van der Waals surface area contributed by atoms with Crippen molar-refractivity contribution in [1.82, 2.24) is 5.32 Å². The van der Waals surface area contributed by atoms with E-state index in [1.807, 2.05) is 13.0 Å². The zero-order valence-electron chi connectivity index (χ0n) is 11.3. The standard InChI is InChI=1S/C15H22ClNO/c1-11-9-15(18-2)13(10-14(11)16)4-3-12-5-7-17-8-6-12/h9-10,12,17H,3-8H2,1-2H3. The Kier molecular flexibility index (Phi) is 4.90. The minimum absolute atomic E-state index is 0.844. The van der Waals surface area contributed by atoms with Gasteiger partial charge in [0.25, 0.3) is 0 Å². The van der Waals surface area contributed by atoms with E-state index in [9.17, 15) is 0 Å². The van der Waals surface area contributed by atoms with E-state index in [0.717, 1.165) is 41.8 Å². The van der Waals surface area contributed by atoms with Gasteiger partial charge in [0.2, 0.25) is 0 Å². The van der Waals surface area contributed by atoms with Gasteiger partial charge in [-0.1, -0.05) is 11.6 Å². The second kappa shape index (κ2) is 6.44. The lowest BCUT2D eigenvalue weighted by atomic mass is 9.91. The predicted octanol–water partition coefficient (Wildman–Crippen LogP) is 3.59. The highest BCUT2D eigenvalue weighted by Crippen LogP contribution is 2.29. The fourth-order valence-corrected chi connectivity index (χ4v) is 2.80. The van der Waals surface area contributed by atoms with Crippen LogP contribution in [0.5, 0.6) is 5.75 Å². The summed E-state index contributed by atoms with van der Waals surface area (Å²) in [6, 6.07) is 4.11. The van der Waals surface area contributed by atoms with Crippen molar-refractivity contribution in [2.75, 3.05) is 20.2 Å². The molecule has 1 aromatic rings. The number of piperidine rings is 1. The number of aryl methyl sites for hydroxylation is 2. The molecule has 1 aliphatic rings. The Morgan fingerprint density at radius 1 is 1.33 bits per heavy atom. The Morgan fingerprint density at radius 3 is 2.72 bits per heavy atom. The fourth-order valence-electron chi connectivity index (χ4n) is 2.61. The highest BCUT2D eigenvalue weighted by atomic mass is 35.5. The van der Waals surface area contributed by atoms with Gasteiger partial charge in [0.1, 0.15) is 5.75 Å². The van der Waals surface area contributed by atoms with Crippen LogP contribution in [-0.2, 0) is 6.42 Å². The summed E-state index contributed by atoms with van der Waals surface area (Å²) in [5.74, 6) is 1.82. The lowest BCUT2D eigenvalue weighted by Gasteiger charge is -2.22. The molecule has 3 heteroatoms. The van der Waals surface area contributed by atoms with Gasteiger partial charge in [0.15, 0.2) is 0 Å². The maximum atomic E-state index is 6.20.